The second-order valence-electron chi connectivity index (χ2n) is 4.74. The number of carbonyl (C=O) groups is 1. The Morgan fingerprint density at radius 1 is 1.67 bits per heavy atom. The summed E-state index contributed by atoms with van der Waals surface area (Å²) < 4.78 is 0. The second kappa shape index (κ2) is 4.21. The monoisotopic (exact) mass is 213 g/mol. The number of carboxylic acid groups (broad SMARTS) is 1. The Morgan fingerprint density at radius 3 is 2.67 bits per heavy atom. The largest absolute Gasteiger partial charge is 0.481 e. The highest BCUT2D eigenvalue weighted by Gasteiger charge is 2.61. The molecule has 0 aromatic rings. The van der Waals surface area contributed by atoms with Crippen molar-refractivity contribution in [2.24, 2.45) is 22.4 Å². The second-order valence-corrected chi connectivity index (χ2v) is 4.74. The van der Waals surface area contributed by atoms with Crippen LogP contribution in [0.2, 0.25) is 0 Å². The van der Waals surface area contributed by atoms with Crippen molar-refractivity contribution in [2.45, 2.75) is 40.2 Å². The van der Waals surface area contributed by atoms with Gasteiger partial charge >= 0.3 is 5.97 Å². The Labute approximate surface area is 90.3 Å². The Morgan fingerprint density at radius 2 is 2.27 bits per heavy atom. The average Bonchev–Trinajstić information content (AvgIpc) is 2.68. The molecule has 0 radical (unpaired) electrons. The zero-order valence-electron chi connectivity index (χ0n) is 9.73. The van der Waals surface area contributed by atoms with E-state index in [1.54, 1.807) is 6.21 Å². The molecule has 1 aliphatic rings. The lowest BCUT2D eigenvalue weighted by Crippen LogP contribution is -2.03. The first-order valence-electron chi connectivity index (χ1n) is 5.33. The highest BCUT2D eigenvalue weighted by Crippen LogP contribution is 2.57. The lowest BCUT2D eigenvalue weighted by Gasteiger charge is -2.04. The molecule has 1 saturated carbocycles. The van der Waals surface area contributed by atoms with Crippen molar-refractivity contribution in [2.75, 3.05) is 0 Å². The van der Waals surface area contributed by atoms with E-state index in [4.69, 9.17) is 9.94 Å². The predicted molar refractivity (Wildman–Crippen MR) is 57.7 cm³/mol. The van der Waals surface area contributed by atoms with Gasteiger partial charge in [-0.05, 0) is 18.8 Å². The molecule has 0 aliphatic heterocycles. The third-order valence-corrected chi connectivity index (χ3v) is 3.21. The maximum Gasteiger partial charge on any atom is 0.307 e. The van der Waals surface area contributed by atoms with Crippen molar-refractivity contribution in [1.82, 2.24) is 0 Å². The summed E-state index contributed by atoms with van der Waals surface area (Å²) in [5.74, 6) is -1.07. The van der Waals surface area contributed by atoms with Crippen LogP contribution in [0.25, 0.3) is 0 Å². The fraction of sp³-hybridized carbons (Fsp3) is 0.818. The van der Waals surface area contributed by atoms with Gasteiger partial charge in [0.2, 0.25) is 0 Å². The van der Waals surface area contributed by atoms with Crippen LogP contribution in [0.15, 0.2) is 5.16 Å². The third-order valence-electron chi connectivity index (χ3n) is 3.21. The molecule has 0 aromatic heterocycles. The Balaban J connectivity index is 2.44. The fourth-order valence-electron chi connectivity index (χ4n) is 1.71. The van der Waals surface area contributed by atoms with Gasteiger partial charge in [-0.2, -0.15) is 0 Å². The molecule has 0 bridgehead atoms. The number of rotatable bonds is 5. The molecule has 1 fully saturated rings. The Kier molecular flexibility index (Phi) is 3.37. The minimum Gasteiger partial charge on any atom is -0.481 e. The van der Waals surface area contributed by atoms with Gasteiger partial charge < -0.3 is 9.94 Å². The normalized spacial score (nSPS) is 30.1. The van der Waals surface area contributed by atoms with Crippen LogP contribution in [-0.4, -0.2) is 23.4 Å². The summed E-state index contributed by atoms with van der Waals surface area (Å²) in [6.45, 7) is 7.82. The fourth-order valence-corrected chi connectivity index (χ4v) is 1.71. The van der Waals surface area contributed by atoms with Gasteiger partial charge in [-0.1, -0.05) is 25.9 Å². The van der Waals surface area contributed by atoms with Crippen LogP contribution in [0.4, 0.5) is 0 Å². The van der Waals surface area contributed by atoms with Crippen LogP contribution < -0.4 is 0 Å². The molecule has 1 aliphatic carbocycles. The Hall–Kier alpha value is -1.06. The van der Waals surface area contributed by atoms with Crippen LogP contribution in [0, 0.1) is 17.3 Å². The number of nitrogens with zero attached hydrogens (tertiary/aromatic N) is 1. The first-order valence-corrected chi connectivity index (χ1v) is 5.33. The minimum absolute atomic E-state index is 0.000874. The molecule has 0 aromatic carbocycles. The van der Waals surface area contributed by atoms with Crippen molar-refractivity contribution < 1.29 is 14.7 Å². The number of hydrogen-bond acceptors (Lipinski definition) is 3. The molecule has 0 spiro atoms. The zero-order chi connectivity index (χ0) is 11.6. The van der Waals surface area contributed by atoms with E-state index in [2.05, 4.69) is 5.16 Å². The lowest BCUT2D eigenvalue weighted by molar-refractivity contribution is -0.139. The molecule has 15 heavy (non-hydrogen) atoms. The summed E-state index contributed by atoms with van der Waals surface area (Å²) in [7, 11) is 0. The van der Waals surface area contributed by atoms with Crippen molar-refractivity contribution >= 4 is 12.2 Å². The standard InChI is InChI=1S/C11H19NO3/c1-5-7(2)15-12-6-8-9(10(13)14)11(8,3)4/h6-9H,5H2,1-4H3,(H,13,14)/t7?,8-,9-/m0/s1. The smallest absolute Gasteiger partial charge is 0.307 e. The van der Waals surface area contributed by atoms with Gasteiger partial charge in [0.05, 0.1) is 5.92 Å². The molecule has 1 unspecified atom stereocenters. The number of carboxylic acids is 1. The molecular formula is C11H19NO3. The van der Waals surface area contributed by atoms with Crippen LogP contribution in [0.1, 0.15) is 34.1 Å². The quantitative estimate of drug-likeness (QED) is 0.562. The molecule has 1 rings (SSSR count). The maximum atomic E-state index is 10.8. The van der Waals surface area contributed by atoms with Crippen molar-refractivity contribution in [3.05, 3.63) is 0 Å². The zero-order valence-corrected chi connectivity index (χ0v) is 9.73. The topological polar surface area (TPSA) is 58.9 Å². The van der Waals surface area contributed by atoms with Gasteiger partial charge in [-0.15, -0.1) is 0 Å². The van der Waals surface area contributed by atoms with Crippen LogP contribution >= 0.6 is 0 Å². The maximum absolute atomic E-state index is 10.8. The summed E-state index contributed by atoms with van der Waals surface area (Å²) >= 11 is 0. The van der Waals surface area contributed by atoms with Crippen molar-refractivity contribution in [3.63, 3.8) is 0 Å². The van der Waals surface area contributed by atoms with E-state index in [0.717, 1.165) is 6.42 Å². The molecule has 86 valence electrons. The summed E-state index contributed by atoms with van der Waals surface area (Å²) in [6.07, 6.45) is 2.62. The van der Waals surface area contributed by atoms with E-state index in [-0.39, 0.29) is 23.4 Å². The first kappa shape index (κ1) is 12.0. The molecule has 0 heterocycles. The van der Waals surface area contributed by atoms with Crippen molar-refractivity contribution in [3.8, 4) is 0 Å². The SMILES string of the molecule is CCC(C)ON=C[C@H]1[C@@H](C(=O)O)C1(C)C. The highest BCUT2D eigenvalue weighted by molar-refractivity contribution is 5.84. The molecular weight excluding hydrogens is 194 g/mol. The predicted octanol–water partition coefficient (Wildman–Crippen LogP) is 2.14. The van der Waals surface area contributed by atoms with Gasteiger partial charge in [0.1, 0.15) is 6.10 Å². The van der Waals surface area contributed by atoms with Gasteiger partial charge in [-0.25, -0.2) is 0 Å². The molecule has 0 saturated heterocycles. The lowest BCUT2D eigenvalue weighted by atomic mass is 10.1. The van der Waals surface area contributed by atoms with E-state index < -0.39 is 5.97 Å². The number of hydrogen-bond donors (Lipinski definition) is 1. The van der Waals surface area contributed by atoms with Gasteiger partial charge in [0.25, 0.3) is 0 Å². The number of oxime groups is 1. The van der Waals surface area contributed by atoms with E-state index in [1.807, 2.05) is 27.7 Å². The van der Waals surface area contributed by atoms with E-state index in [1.165, 1.54) is 0 Å². The van der Waals surface area contributed by atoms with Gasteiger partial charge in [0, 0.05) is 12.1 Å². The van der Waals surface area contributed by atoms with E-state index in [0.29, 0.717) is 0 Å². The van der Waals surface area contributed by atoms with Gasteiger partial charge in [0.15, 0.2) is 0 Å². The van der Waals surface area contributed by atoms with Crippen LogP contribution in [-0.2, 0) is 9.63 Å². The summed E-state index contributed by atoms with van der Waals surface area (Å²) in [6, 6.07) is 0. The summed E-state index contributed by atoms with van der Waals surface area (Å²) in [5.41, 5.74) is -0.186. The van der Waals surface area contributed by atoms with E-state index in [9.17, 15) is 4.79 Å². The third kappa shape index (κ3) is 2.49. The highest BCUT2D eigenvalue weighted by atomic mass is 16.6. The van der Waals surface area contributed by atoms with Crippen molar-refractivity contribution in [1.29, 1.82) is 0 Å². The summed E-state index contributed by atoms with van der Waals surface area (Å²) in [4.78, 5) is 16.0. The molecule has 0 amide bonds. The minimum atomic E-state index is -0.750. The average molecular weight is 213 g/mol. The van der Waals surface area contributed by atoms with Crippen LogP contribution in [0.5, 0.6) is 0 Å². The molecule has 4 nitrogen and oxygen atoms in total. The first-order chi connectivity index (χ1) is 6.91. The molecule has 1 N–H and O–H groups in total. The Bertz CT molecular complexity index is 273. The van der Waals surface area contributed by atoms with Gasteiger partial charge in [-0.3, -0.25) is 4.79 Å². The molecule has 4 heteroatoms. The number of aliphatic carboxylic acids is 1. The van der Waals surface area contributed by atoms with Crippen LogP contribution in [0.3, 0.4) is 0 Å². The van der Waals surface area contributed by atoms with E-state index >= 15 is 0 Å². The summed E-state index contributed by atoms with van der Waals surface area (Å²) in [5, 5.41) is 12.8. The molecule has 3 atom stereocenters.